The summed E-state index contributed by atoms with van der Waals surface area (Å²) >= 11 is 15.5. The Balaban J connectivity index is 5.22. The molecule has 0 heterocycles. The molecule has 0 N–H and O–H groups in total. The van der Waals surface area contributed by atoms with Crippen LogP contribution in [0.3, 0.4) is 0 Å². The molecule has 314 valence electrons. The van der Waals surface area contributed by atoms with E-state index in [1.54, 1.807) is 0 Å². The van der Waals surface area contributed by atoms with Crippen molar-refractivity contribution in [2.75, 3.05) is 0 Å². The van der Waals surface area contributed by atoms with Crippen LogP contribution in [-0.4, -0.2) is 12.0 Å². The Hall–Kier alpha value is 0.797. The molecule has 0 fully saturated rings. The molecule has 0 aliphatic heterocycles. The quantitative estimate of drug-likeness (QED) is 0.0328. The van der Waals surface area contributed by atoms with E-state index < -0.39 is 12.0 Å². The summed E-state index contributed by atoms with van der Waals surface area (Å²) in [5.74, 6) is 0. The van der Waals surface area contributed by atoms with Crippen LogP contribution in [0.5, 0.6) is 0 Å². The van der Waals surface area contributed by atoms with Crippen LogP contribution in [0.15, 0.2) is 0 Å². The van der Waals surface area contributed by atoms with E-state index in [-0.39, 0.29) is 0 Å². The van der Waals surface area contributed by atoms with Crippen LogP contribution in [0, 0.1) is 0 Å². The molecule has 0 rings (SSSR count). The highest BCUT2D eigenvalue weighted by molar-refractivity contribution is 6.96. The van der Waals surface area contributed by atoms with E-state index in [4.69, 9.17) is 23.2 Å². The Bertz CT molecular complexity index is 604. The first-order valence-corrected chi connectivity index (χ1v) is 28.2. The molecule has 0 aliphatic carbocycles. The molecule has 0 aromatic carbocycles. The Labute approximate surface area is 342 Å². The van der Waals surface area contributed by atoms with Gasteiger partial charge in [0.15, 0.2) is 0 Å². The second-order valence-electron chi connectivity index (χ2n) is 17.7. The molecule has 0 amide bonds. The van der Waals surface area contributed by atoms with Gasteiger partial charge < -0.3 is 0 Å². The minimum Gasteiger partial charge on any atom is -0.106 e. The minimum absolute atomic E-state index is 0.439. The molecule has 0 saturated heterocycles. The Kier molecular flexibility index (Phi) is 42.1. The number of hydrogen-bond acceptors (Lipinski definition) is 0. The number of alkyl halides is 2. The zero-order chi connectivity index (χ0) is 38.1. The van der Waals surface area contributed by atoms with E-state index in [0.29, 0.717) is 0 Å². The van der Waals surface area contributed by atoms with E-state index in [9.17, 15) is 0 Å². The van der Waals surface area contributed by atoms with Gasteiger partial charge in [-0.25, -0.2) is 0 Å². The lowest BCUT2D eigenvalue weighted by Crippen LogP contribution is -2.51. The van der Waals surface area contributed by atoms with Crippen molar-refractivity contribution in [3.8, 4) is 0 Å². The smallest absolute Gasteiger partial charge is 0.106 e. The van der Waals surface area contributed by atoms with Crippen molar-refractivity contribution in [2.45, 2.75) is 313 Å². The lowest BCUT2D eigenvalue weighted by atomic mass is 10.1. The second kappa shape index (κ2) is 41.4. The third kappa shape index (κ3) is 33.0. The monoisotopic (exact) mass is 787 g/mol. The third-order valence-electron chi connectivity index (χ3n) is 12.6. The standard InChI is InChI=1S/C49H100Cl2Si/c1-5-9-13-17-21-25-29-33-37-41-45-49(50,51)52(46-42-38-34-30-26-22-18-14-10-6-2,47-43-39-35-31-27-23-19-15-11-7-3)48-44-40-36-32-28-24-20-16-12-8-4/h5-48H2,1-4H3. The summed E-state index contributed by atoms with van der Waals surface area (Å²) < 4.78 is -0.439. The van der Waals surface area contributed by atoms with Crippen molar-refractivity contribution in [3.05, 3.63) is 0 Å². The Morgan fingerprint density at radius 1 is 0.250 bits per heavy atom. The van der Waals surface area contributed by atoms with Crippen molar-refractivity contribution in [3.63, 3.8) is 0 Å². The first-order chi connectivity index (χ1) is 25.5. The molecule has 0 aromatic rings. The molecule has 0 radical (unpaired) electrons. The van der Waals surface area contributed by atoms with Gasteiger partial charge in [-0.15, -0.1) is 23.2 Å². The zero-order valence-corrected chi connectivity index (χ0v) is 39.4. The van der Waals surface area contributed by atoms with E-state index in [1.165, 1.54) is 275 Å². The molecule has 0 saturated carbocycles. The van der Waals surface area contributed by atoms with Crippen molar-refractivity contribution < 1.29 is 0 Å². The number of rotatable bonds is 45. The van der Waals surface area contributed by atoms with E-state index >= 15 is 0 Å². The van der Waals surface area contributed by atoms with Gasteiger partial charge in [0.2, 0.25) is 0 Å². The molecular formula is C49H100Cl2Si. The summed E-state index contributed by atoms with van der Waals surface area (Å²) in [4.78, 5) is 0. The molecular weight excluding hydrogens is 688 g/mol. The highest BCUT2D eigenvalue weighted by Crippen LogP contribution is 2.47. The van der Waals surface area contributed by atoms with Crippen LogP contribution in [0.1, 0.15) is 291 Å². The van der Waals surface area contributed by atoms with Crippen LogP contribution in [0.25, 0.3) is 0 Å². The normalized spacial score (nSPS) is 12.3. The SMILES string of the molecule is CCCCCCCCCCCCC(Cl)(Cl)[Si](CCCCCCCCCCCC)(CCCCCCCCCCCC)CCCCCCCCCCCC. The first-order valence-electron chi connectivity index (χ1n) is 24.9. The van der Waals surface area contributed by atoms with Crippen molar-refractivity contribution in [1.29, 1.82) is 0 Å². The highest BCUT2D eigenvalue weighted by atomic mass is 35.5. The summed E-state index contributed by atoms with van der Waals surface area (Å²) in [6.45, 7) is 9.29. The highest BCUT2D eigenvalue weighted by Gasteiger charge is 2.49. The maximum atomic E-state index is 7.77. The molecule has 0 aromatic heterocycles. The van der Waals surface area contributed by atoms with Gasteiger partial charge in [0.05, 0.1) is 8.07 Å². The van der Waals surface area contributed by atoms with Gasteiger partial charge in [0.25, 0.3) is 0 Å². The average Bonchev–Trinajstić information content (AvgIpc) is 3.14. The number of halogens is 2. The van der Waals surface area contributed by atoms with Gasteiger partial charge in [0, 0.05) is 0 Å². The lowest BCUT2D eigenvalue weighted by Gasteiger charge is -2.43. The van der Waals surface area contributed by atoms with Gasteiger partial charge in [-0.05, 0) is 6.42 Å². The van der Waals surface area contributed by atoms with Crippen molar-refractivity contribution >= 4 is 31.3 Å². The summed E-state index contributed by atoms with van der Waals surface area (Å²) in [5.41, 5.74) is 0. The van der Waals surface area contributed by atoms with Gasteiger partial charge in [-0.2, -0.15) is 0 Å². The maximum Gasteiger partial charge on any atom is 0.108 e. The molecule has 0 unspecified atom stereocenters. The fourth-order valence-electron chi connectivity index (χ4n) is 8.88. The maximum absolute atomic E-state index is 7.77. The Morgan fingerprint density at radius 2 is 0.423 bits per heavy atom. The topological polar surface area (TPSA) is 0 Å². The van der Waals surface area contributed by atoms with Crippen LogP contribution in [0.4, 0.5) is 0 Å². The molecule has 0 bridgehead atoms. The van der Waals surface area contributed by atoms with Crippen molar-refractivity contribution in [1.82, 2.24) is 0 Å². The van der Waals surface area contributed by atoms with Crippen LogP contribution >= 0.6 is 23.2 Å². The largest absolute Gasteiger partial charge is 0.108 e. The minimum atomic E-state index is -1.86. The van der Waals surface area contributed by atoms with E-state index in [2.05, 4.69) is 27.7 Å². The fraction of sp³-hybridized carbons (Fsp3) is 1.00. The molecule has 0 nitrogen and oxygen atoms in total. The molecule has 0 aliphatic rings. The third-order valence-corrected chi connectivity index (χ3v) is 21.2. The van der Waals surface area contributed by atoms with Crippen LogP contribution < -0.4 is 0 Å². The van der Waals surface area contributed by atoms with Crippen LogP contribution in [0.2, 0.25) is 18.1 Å². The summed E-state index contributed by atoms with van der Waals surface area (Å²) in [7, 11) is -1.86. The lowest BCUT2D eigenvalue weighted by molar-refractivity contribution is 0.544. The van der Waals surface area contributed by atoms with E-state index in [0.717, 1.165) is 6.42 Å². The first kappa shape index (κ1) is 52.8. The van der Waals surface area contributed by atoms with Crippen LogP contribution in [-0.2, 0) is 0 Å². The van der Waals surface area contributed by atoms with E-state index in [1.807, 2.05) is 0 Å². The summed E-state index contributed by atoms with van der Waals surface area (Å²) in [6.07, 6.45) is 57.5. The zero-order valence-electron chi connectivity index (χ0n) is 36.9. The van der Waals surface area contributed by atoms with Gasteiger partial charge >= 0.3 is 0 Å². The summed E-state index contributed by atoms with van der Waals surface area (Å²) in [6, 6.07) is 4.18. The number of hydrogen-bond donors (Lipinski definition) is 0. The van der Waals surface area contributed by atoms with Crippen molar-refractivity contribution in [2.24, 2.45) is 0 Å². The predicted molar refractivity (Wildman–Crippen MR) is 247 cm³/mol. The molecule has 52 heavy (non-hydrogen) atoms. The molecule has 0 spiro atoms. The number of unbranched alkanes of at least 4 members (excludes halogenated alkanes) is 36. The van der Waals surface area contributed by atoms with Gasteiger partial charge in [-0.3, -0.25) is 0 Å². The summed E-state index contributed by atoms with van der Waals surface area (Å²) in [5, 5.41) is 0. The molecule has 3 heteroatoms. The predicted octanol–water partition coefficient (Wildman–Crippen LogP) is 20.2. The Morgan fingerprint density at radius 3 is 0.635 bits per heavy atom. The van der Waals surface area contributed by atoms with Gasteiger partial charge in [0.1, 0.15) is 3.96 Å². The second-order valence-corrected chi connectivity index (χ2v) is 24.7. The average molecular weight is 788 g/mol. The molecule has 0 atom stereocenters. The fourth-order valence-corrected chi connectivity index (χ4v) is 16.2. The van der Waals surface area contributed by atoms with Gasteiger partial charge in [-0.1, -0.05) is 303 Å².